The molecule has 0 aromatic carbocycles. The molecule has 0 aromatic rings. The van der Waals surface area contributed by atoms with Gasteiger partial charge in [0.2, 0.25) is 0 Å². The molecule has 1 aliphatic heterocycles. The van der Waals surface area contributed by atoms with Crippen LogP contribution in [0.15, 0.2) is 23.9 Å². The first kappa shape index (κ1) is 9.85. The third-order valence-corrected chi connectivity index (χ3v) is 2.23. The highest BCUT2D eigenvalue weighted by atomic mass is 15.1. The van der Waals surface area contributed by atoms with E-state index >= 15 is 0 Å². The Balaban J connectivity index is 2.38. The van der Waals surface area contributed by atoms with E-state index in [1.807, 2.05) is 19.1 Å². The molecule has 13 heavy (non-hydrogen) atoms. The Bertz CT molecular complexity index is 239. The predicted molar refractivity (Wildman–Crippen MR) is 53.9 cm³/mol. The Labute approximate surface area is 80.2 Å². The van der Waals surface area contributed by atoms with E-state index < -0.39 is 0 Å². The maximum atomic E-state index is 8.40. The van der Waals surface area contributed by atoms with Crippen LogP contribution in [0.25, 0.3) is 0 Å². The monoisotopic (exact) mass is 176 g/mol. The van der Waals surface area contributed by atoms with Gasteiger partial charge in [0.05, 0.1) is 6.07 Å². The molecule has 1 fully saturated rings. The lowest BCUT2D eigenvalue weighted by Gasteiger charge is -2.24. The van der Waals surface area contributed by atoms with E-state index in [4.69, 9.17) is 5.26 Å². The molecular formula is C11H16N2. The van der Waals surface area contributed by atoms with Gasteiger partial charge in [-0.15, -0.1) is 0 Å². The average Bonchev–Trinajstić information content (AvgIpc) is 2.17. The maximum absolute atomic E-state index is 8.40. The van der Waals surface area contributed by atoms with Crippen LogP contribution >= 0.6 is 0 Å². The molecule has 1 heterocycles. The van der Waals surface area contributed by atoms with Gasteiger partial charge < -0.3 is 4.90 Å². The minimum Gasteiger partial charge on any atom is -0.377 e. The summed E-state index contributed by atoms with van der Waals surface area (Å²) in [5, 5.41) is 8.40. The minimum atomic E-state index is 1.02. The van der Waals surface area contributed by atoms with Crippen molar-refractivity contribution in [1.82, 2.24) is 4.90 Å². The molecule has 1 rings (SSSR count). The van der Waals surface area contributed by atoms with Crippen LogP contribution in [0.3, 0.4) is 0 Å². The van der Waals surface area contributed by atoms with Crippen molar-refractivity contribution in [3.8, 4) is 6.07 Å². The van der Waals surface area contributed by atoms with Crippen molar-refractivity contribution in [3.63, 3.8) is 0 Å². The molecule has 1 aliphatic rings. The minimum absolute atomic E-state index is 1.02. The van der Waals surface area contributed by atoms with Gasteiger partial charge in [-0.25, -0.2) is 0 Å². The highest BCUT2D eigenvalue weighted by Gasteiger charge is 2.04. The fourth-order valence-electron chi connectivity index (χ4n) is 1.44. The normalized spacial score (nSPS) is 19.1. The molecule has 0 aliphatic carbocycles. The quantitative estimate of drug-likeness (QED) is 0.477. The molecule has 0 atom stereocenters. The molecule has 1 saturated heterocycles. The molecule has 0 N–H and O–H groups in total. The van der Waals surface area contributed by atoms with E-state index in [1.165, 1.54) is 19.3 Å². The van der Waals surface area contributed by atoms with Crippen molar-refractivity contribution in [1.29, 1.82) is 5.26 Å². The van der Waals surface area contributed by atoms with Crippen molar-refractivity contribution < 1.29 is 0 Å². The molecular weight excluding hydrogens is 160 g/mol. The van der Waals surface area contributed by atoms with E-state index in [-0.39, 0.29) is 0 Å². The summed E-state index contributed by atoms with van der Waals surface area (Å²) >= 11 is 0. The maximum Gasteiger partial charge on any atom is 0.0914 e. The van der Waals surface area contributed by atoms with Gasteiger partial charge in [-0.3, -0.25) is 0 Å². The summed E-state index contributed by atoms with van der Waals surface area (Å²) in [5.41, 5.74) is 1.02. The van der Waals surface area contributed by atoms with Crippen LogP contribution < -0.4 is 0 Å². The Morgan fingerprint density at radius 3 is 2.62 bits per heavy atom. The van der Waals surface area contributed by atoms with Crippen LogP contribution in [-0.4, -0.2) is 18.0 Å². The summed E-state index contributed by atoms with van der Waals surface area (Å²) in [7, 11) is 0. The zero-order valence-electron chi connectivity index (χ0n) is 8.16. The van der Waals surface area contributed by atoms with E-state index in [2.05, 4.69) is 11.1 Å². The van der Waals surface area contributed by atoms with Gasteiger partial charge in [0.15, 0.2) is 0 Å². The second kappa shape index (κ2) is 5.42. The summed E-state index contributed by atoms with van der Waals surface area (Å²) in [6.07, 6.45) is 9.63. The van der Waals surface area contributed by atoms with Crippen molar-refractivity contribution >= 4 is 0 Å². The highest BCUT2D eigenvalue weighted by molar-refractivity contribution is 5.22. The van der Waals surface area contributed by atoms with Gasteiger partial charge in [0.1, 0.15) is 0 Å². The van der Waals surface area contributed by atoms with Crippen LogP contribution in [-0.2, 0) is 0 Å². The molecule has 0 spiro atoms. The fraction of sp³-hybridized carbons (Fsp3) is 0.545. The Morgan fingerprint density at radius 1 is 1.31 bits per heavy atom. The van der Waals surface area contributed by atoms with E-state index in [0.29, 0.717) is 0 Å². The van der Waals surface area contributed by atoms with Crippen molar-refractivity contribution in [2.75, 3.05) is 13.1 Å². The molecule has 0 bridgehead atoms. The second-order valence-corrected chi connectivity index (χ2v) is 3.43. The lowest BCUT2D eigenvalue weighted by Crippen LogP contribution is -2.24. The molecule has 2 heteroatoms. The van der Waals surface area contributed by atoms with Crippen LogP contribution in [0, 0.1) is 11.3 Å². The van der Waals surface area contributed by atoms with Gasteiger partial charge in [-0.05, 0) is 44.0 Å². The largest absolute Gasteiger partial charge is 0.377 e. The first-order valence-corrected chi connectivity index (χ1v) is 4.81. The van der Waals surface area contributed by atoms with Crippen molar-refractivity contribution in [2.45, 2.75) is 26.2 Å². The molecule has 2 nitrogen and oxygen atoms in total. The first-order valence-electron chi connectivity index (χ1n) is 4.81. The standard InChI is InChI=1S/C11H16N2/c1-11(5-7-12)6-10-13-8-3-2-4-9-13/h5-6,10H,2-4,8-9H2,1H3. The lowest BCUT2D eigenvalue weighted by molar-refractivity contribution is 0.309. The molecule has 0 unspecified atom stereocenters. The summed E-state index contributed by atoms with van der Waals surface area (Å²) in [6, 6.07) is 2.02. The fourth-order valence-corrected chi connectivity index (χ4v) is 1.44. The van der Waals surface area contributed by atoms with Crippen molar-refractivity contribution in [2.24, 2.45) is 0 Å². The second-order valence-electron chi connectivity index (χ2n) is 3.43. The van der Waals surface area contributed by atoms with Crippen LogP contribution in [0.4, 0.5) is 0 Å². The third-order valence-electron chi connectivity index (χ3n) is 2.23. The Kier molecular flexibility index (Phi) is 4.11. The Morgan fingerprint density at radius 2 is 2.00 bits per heavy atom. The van der Waals surface area contributed by atoms with E-state index in [0.717, 1.165) is 18.7 Å². The number of piperidine rings is 1. The smallest absolute Gasteiger partial charge is 0.0914 e. The average molecular weight is 176 g/mol. The summed E-state index contributed by atoms with van der Waals surface area (Å²) < 4.78 is 0. The molecule has 0 saturated carbocycles. The van der Waals surface area contributed by atoms with Crippen LogP contribution in [0.5, 0.6) is 0 Å². The van der Waals surface area contributed by atoms with Crippen LogP contribution in [0.2, 0.25) is 0 Å². The Hall–Kier alpha value is -1.23. The molecule has 0 amide bonds. The highest BCUT2D eigenvalue weighted by Crippen LogP contribution is 2.09. The number of nitrogens with zero attached hydrogens (tertiary/aromatic N) is 2. The van der Waals surface area contributed by atoms with Gasteiger partial charge in [0.25, 0.3) is 0 Å². The molecule has 0 radical (unpaired) electrons. The zero-order chi connectivity index (χ0) is 9.52. The molecule has 70 valence electrons. The van der Waals surface area contributed by atoms with Crippen molar-refractivity contribution in [3.05, 3.63) is 23.9 Å². The summed E-state index contributed by atoms with van der Waals surface area (Å²) in [5.74, 6) is 0. The number of rotatable bonds is 2. The number of hydrogen-bond donors (Lipinski definition) is 0. The third kappa shape index (κ3) is 3.80. The predicted octanol–water partition coefficient (Wildman–Crippen LogP) is 2.46. The van der Waals surface area contributed by atoms with E-state index in [9.17, 15) is 0 Å². The first-order chi connectivity index (χ1) is 6.33. The lowest BCUT2D eigenvalue weighted by atomic mass is 10.1. The van der Waals surface area contributed by atoms with Gasteiger partial charge in [0, 0.05) is 19.2 Å². The zero-order valence-corrected chi connectivity index (χ0v) is 8.16. The number of likely N-dealkylation sites (tertiary alicyclic amines) is 1. The van der Waals surface area contributed by atoms with Gasteiger partial charge >= 0.3 is 0 Å². The SMILES string of the molecule is CC(C=CN1CCCCC1)=CC#N. The number of allylic oxidation sites excluding steroid dienone is 3. The van der Waals surface area contributed by atoms with Gasteiger partial charge in [-0.2, -0.15) is 5.26 Å². The summed E-state index contributed by atoms with van der Waals surface area (Å²) in [4.78, 5) is 2.32. The number of nitriles is 1. The van der Waals surface area contributed by atoms with Gasteiger partial charge in [-0.1, -0.05) is 0 Å². The topological polar surface area (TPSA) is 27.0 Å². The molecule has 0 aromatic heterocycles. The van der Waals surface area contributed by atoms with E-state index in [1.54, 1.807) is 6.08 Å². The summed E-state index contributed by atoms with van der Waals surface area (Å²) in [6.45, 7) is 4.27. The number of hydrogen-bond acceptors (Lipinski definition) is 2. The van der Waals surface area contributed by atoms with Crippen LogP contribution in [0.1, 0.15) is 26.2 Å².